The van der Waals surface area contributed by atoms with Gasteiger partial charge in [-0.25, -0.2) is 9.78 Å². The molecule has 0 bridgehead atoms. The van der Waals surface area contributed by atoms with Gasteiger partial charge in [-0.2, -0.15) is 0 Å². The number of thiazole rings is 1. The van der Waals surface area contributed by atoms with E-state index < -0.39 is 12.1 Å². The van der Waals surface area contributed by atoms with Crippen molar-refractivity contribution in [2.45, 2.75) is 52.2 Å². The normalized spacial score (nSPS) is 24.0. The molecule has 1 aliphatic rings. The van der Waals surface area contributed by atoms with Crippen molar-refractivity contribution in [3.63, 3.8) is 0 Å². The lowest BCUT2D eigenvalue weighted by molar-refractivity contribution is -0.130. The second kappa shape index (κ2) is 8.31. The SMILES string of the molecule is C[C@@H]1[C@H](C)CCC[C@@H]1NC(=O)[C@@H](C)OC(=O)c1csc(-c2cccs2)n1. The Bertz CT molecular complexity index is 757. The first-order valence-corrected chi connectivity index (χ1v) is 10.7. The molecule has 140 valence electrons. The lowest BCUT2D eigenvalue weighted by Gasteiger charge is -2.35. The molecule has 0 aromatic carbocycles. The van der Waals surface area contributed by atoms with Crippen LogP contribution in [-0.2, 0) is 9.53 Å². The number of nitrogens with one attached hydrogen (secondary N) is 1. The summed E-state index contributed by atoms with van der Waals surface area (Å²) in [7, 11) is 0. The third kappa shape index (κ3) is 4.32. The van der Waals surface area contributed by atoms with Gasteiger partial charge < -0.3 is 10.1 Å². The minimum absolute atomic E-state index is 0.150. The topological polar surface area (TPSA) is 68.3 Å². The van der Waals surface area contributed by atoms with Crippen molar-refractivity contribution in [1.29, 1.82) is 0 Å². The van der Waals surface area contributed by atoms with Gasteiger partial charge in [0, 0.05) is 11.4 Å². The van der Waals surface area contributed by atoms with E-state index in [1.54, 1.807) is 23.6 Å². The fourth-order valence-corrected chi connectivity index (χ4v) is 4.84. The Labute approximate surface area is 161 Å². The molecule has 1 N–H and O–H groups in total. The monoisotopic (exact) mass is 392 g/mol. The number of amides is 1. The molecular weight excluding hydrogens is 368 g/mol. The fraction of sp³-hybridized carbons (Fsp3) is 0.526. The molecule has 0 saturated heterocycles. The summed E-state index contributed by atoms with van der Waals surface area (Å²) in [5, 5.41) is 7.48. The highest BCUT2D eigenvalue weighted by Gasteiger charge is 2.30. The minimum atomic E-state index is -0.834. The van der Waals surface area contributed by atoms with Crippen LogP contribution in [0.4, 0.5) is 0 Å². The standard InChI is InChI=1S/C19H24N2O3S2/c1-11-6-4-7-14(12(11)2)20-17(22)13(3)24-19(23)15-10-26-18(21-15)16-8-5-9-25-16/h5,8-14H,4,6-7H2,1-3H3,(H,20,22)/t11-,12-,13-,14+/m1/s1. The Hall–Kier alpha value is -1.73. The van der Waals surface area contributed by atoms with Crippen molar-refractivity contribution < 1.29 is 14.3 Å². The van der Waals surface area contributed by atoms with Crippen LogP contribution in [0.1, 0.15) is 50.5 Å². The zero-order chi connectivity index (χ0) is 18.7. The van der Waals surface area contributed by atoms with Crippen LogP contribution in [0.15, 0.2) is 22.9 Å². The maximum atomic E-state index is 12.4. The molecule has 1 aliphatic carbocycles. The summed E-state index contributed by atoms with van der Waals surface area (Å²) >= 11 is 2.97. The molecule has 5 nitrogen and oxygen atoms in total. The van der Waals surface area contributed by atoms with E-state index in [-0.39, 0.29) is 17.6 Å². The Kier molecular flexibility index (Phi) is 6.09. The first-order chi connectivity index (χ1) is 12.5. The average molecular weight is 393 g/mol. The Morgan fingerprint density at radius 1 is 1.31 bits per heavy atom. The molecule has 4 atom stereocenters. The summed E-state index contributed by atoms with van der Waals surface area (Å²) < 4.78 is 5.33. The van der Waals surface area contributed by atoms with Crippen LogP contribution in [0.25, 0.3) is 9.88 Å². The van der Waals surface area contributed by atoms with Crippen LogP contribution >= 0.6 is 22.7 Å². The molecular formula is C19H24N2O3S2. The number of aromatic nitrogens is 1. The molecule has 1 fully saturated rings. The number of hydrogen-bond acceptors (Lipinski definition) is 6. The first-order valence-electron chi connectivity index (χ1n) is 8.96. The number of hydrogen-bond donors (Lipinski definition) is 1. The molecule has 3 rings (SSSR count). The lowest BCUT2D eigenvalue weighted by Crippen LogP contribution is -2.47. The van der Waals surface area contributed by atoms with Gasteiger partial charge >= 0.3 is 5.97 Å². The highest BCUT2D eigenvalue weighted by molar-refractivity contribution is 7.20. The summed E-state index contributed by atoms with van der Waals surface area (Å²) in [5.41, 5.74) is 0.248. The molecule has 1 amide bonds. The minimum Gasteiger partial charge on any atom is -0.448 e. The van der Waals surface area contributed by atoms with Crippen LogP contribution in [0.5, 0.6) is 0 Å². The van der Waals surface area contributed by atoms with Crippen LogP contribution in [-0.4, -0.2) is 29.0 Å². The molecule has 2 aromatic heterocycles. The number of carbonyl (C=O) groups is 2. The van der Waals surface area contributed by atoms with Gasteiger partial charge in [0.05, 0.1) is 4.88 Å². The van der Waals surface area contributed by atoms with Crippen molar-refractivity contribution in [3.05, 3.63) is 28.6 Å². The molecule has 0 unspecified atom stereocenters. The van der Waals surface area contributed by atoms with E-state index in [0.29, 0.717) is 11.8 Å². The summed E-state index contributed by atoms with van der Waals surface area (Å²) in [6.07, 6.45) is 2.47. The van der Waals surface area contributed by atoms with Crippen LogP contribution in [0.3, 0.4) is 0 Å². The fourth-order valence-electron chi connectivity index (χ4n) is 3.24. The zero-order valence-corrected chi connectivity index (χ0v) is 16.9. The summed E-state index contributed by atoms with van der Waals surface area (Å²) in [5.74, 6) is 0.231. The molecule has 1 saturated carbocycles. The van der Waals surface area contributed by atoms with Gasteiger partial charge in [0.1, 0.15) is 5.01 Å². The maximum absolute atomic E-state index is 12.4. The number of ether oxygens (including phenoxy) is 1. The van der Waals surface area contributed by atoms with Gasteiger partial charge in [0.25, 0.3) is 5.91 Å². The molecule has 2 aromatic rings. The van der Waals surface area contributed by atoms with Crippen LogP contribution in [0.2, 0.25) is 0 Å². The van der Waals surface area contributed by atoms with E-state index in [0.717, 1.165) is 22.7 Å². The smallest absolute Gasteiger partial charge is 0.358 e. The molecule has 0 spiro atoms. The molecule has 0 radical (unpaired) electrons. The molecule has 0 aliphatic heterocycles. The number of carbonyl (C=O) groups excluding carboxylic acids is 2. The Morgan fingerprint density at radius 3 is 2.85 bits per heavy atom. The first kappa shape index (κ1) is 19.0. The largest absolute Gasteiger partial charge is 0.448 e. The predicted octanol–water partition coefficient (Wildman–Crippen LogP) is 4.36. The van der Waals surface area contributed by atoms with Crippen LogP contribution < -0.4 is 5.32 Å². The van der Waals surface area contributed by atoms with Gasteiger partial charge in [0.15, 0.2) is 11.8 Å². The van der Waals surface area contributed by atoms with Gasteiger partial charge in [-0.1, -0.05) is 32.8 Å². The molecule has 7 heteroatoms. The zero-order valence-electron chi connectivity index (χ0n) is 15.2. The quantitative estimate of drug-likeness (QED) is 0.768. The number of thiophene rings is 1. The van der Waals surface area contributed by atoms with E-state index in [1.807, 2.05) is 17.5 Å². The maximum Gasteiger partial charge on any atom is 0.358 e. The second-order valence-corrected chi connectivity index (χ2v) is 8.75. The van der Waals surface area contributed by atoms with Gasteiger partial charge in [-0.3, -0.25) is 4.79 Å². The van der Waals surface area contributed by atoms with E-state index in [1.165, 1.54) is 17.8 Å². The average Bonchev–Trinajstić information content (AvgIpc) is 3.29. The van der Waals surface area contributed by atoms with Crippen molar-refractivity contribution >= 4 is 34.6 Å². The Balaban J connectivity index is 1.56. The molecule has 2 heterocycles. The van der Waals surface area contributed by atoms with Crippen molar-refractivity contribution in [1.82, 2.24) is 10.3 Å². The number of nitrogens with zero attached hydrogens (tertiary/aromatic N) is 1. The highest BCUT2D eigenvalue weighted by Crippen LogP contribution is 2.30. The number of esters is 1. The molecule has 26 heavy (non-hydrogen) atoms. The van der Waals surface area contributed by atoms with E-state index >= 15 is 0 Å². The number of rotatable bonds is 5. The summed E-state index contributed by atoms with van der Waals surface area (Å²) in [4.78, 5) is 30.1. The van der Waals surface area contributed by atoms with E-state index in [4.69, 9.17) is 4.74 Å². The van der Waals surface area contributed by atoms with Crippen LogP contribution in [0, 0.1) is 11.8 Å². The van der Waals surface area contributed by atoms with Gasteiger partial charge in [-0.15, -0.1) is 22.7 Å². The summed E-state index contributed by atoms with van der Waals surface area (Å²) in [6.45, 7) is 6.00. The van der Waals surface area contributed by atoms with Gasteiger partial charge in [0.2, 0.25) is 0 Å². The third-order valence-corrected chi connectivity index (χ3v) is 7.01. The summed E-state index contributed by atoms with van der Waals surface area (Å²) in [6, 6.07) is 4.05. The van der Waals surface area contributed by atoms with Crippen molar-refractivity contribution in [2.75, 3.05) is 0 Å². The van der Waals surface area contributed by atoms with E-state index in [2.05, 4.69) is 24.1 Å². The third-order valence-electron chi connectivity index (χ3n) is 5.13. The van der Waals surface area contributed by atoms with Crippen molar-refractivity contribution in [3.8, 4) is 9.88 Å². The Morgan fingerprint density at radius 2 is 2.12 bits per heavy atom. The van der Waals surface area contributed by atoms with Gasteiger partial charge in [-0.05, 0) is 36.6 Å². The predicted molar refractivity (Wildman–Crippen MR) is 104 cm³/mol. The van der Waals surface area contributed by atoms with Crippen molar-refractivity contribution in [2.24, 2.45) is 11.8 Å². The highest BCUT2D eigenvalue weighted by atomic mass is 32.1. The lowest BCUT2D eigenvalue weighted by atomic mass is 9.78. The second-order valence-electron chi connectivity index (χ2n) is 6.95. The van der Waals surface area contributed by atoms with E-state index in [9.17, 15) is 9.59 Å².